The first-order chi connectivity index (χ1) is 8.99. The molecule has 0 amide bonds. The maximum Gasteiger partial charge on any atom is 0.175 e. The molecule has 2 aliphatic rings. The zero-order valence-corrected chi connectivity index (χ0v) is 10.3. The highest BCUT2D eigenvalue weighted by atomic mass is 16.5. The number of Topliss-reactive ketones (excluding diaryl/α,β-unsaturated/α-hetero) is 1. The fourth-order valence-corrected chi connectivity index (χ4v) is 2.82. The molecule has 0 aromatic heterocycles. The highest BCUT2D eigenvalue weighted by molar-refractivity contribution is 6.04. The fraction of sp³-hybridized carbons (Fsp3) is 0.462. The summed E-state index contributed by atoms with van der Waals surface area (Å²) >= 11 is 0. The Bertz CT molecular complexity index is 554. The summed E-state index contributed by atoms with van der Waals surface area (Å²) in [6.45, 7) is -0.0702. The number of carbonyl (C=O) groups excluding carboxylic acids is 1. The third-order valence-electron chi connectivity index (χ3n) is 3.91. The van der Waals surface area contributed by atoms with Crippen LogP contribution in [0.3, 0.4) is 0 Å². The Labute approximate surface area is 109 Å². The van der Waals surface area contributed by atoms with Crippen LogP contribution in [0.1, 0.15) is 22.0 Å². The van der Waals surface area contributed by atoms with Gasteiger partial charge in [0.2, 0.25) is 0 Å². The molecule has 1 saturated heterocycles. The summed E-state index contributed by atoms with van der Waals surface area (Å²) in [4.78, 5) is 12.3. The highest BCUT2D eigenvalue weighted by Crippen LogP contribution is 2.47. The van der Waals surface area contributed by atoms with Crippen LogP contribution in [0, 0.1) is 5.92 Å². The molecule has 3 N–H and O–H groups in total. The Morgan fingerprint density at radius 1 is 1.47 bits per heavy atom. The van der Waals surface area contributed by atoms with Gasteiger partial charge in [-0.05, 0) is 6.07 Å². The summed E-state index contributed by atoms with van der Waals surface area (Å²) < 4.78 is 10.1. The molecule has 3 atom stereocenters. The lowest BCUT2D eigenvalue weighted by atomic mass is 9.71. The summed E-state index contributed by atoms with van der Waals surface area (Å²) in [5, 5.41) is 30.7. The van der Waals surface area contributed by atoms with E-state index in [2.05, 4.69) is 0 Å². The van der Waals surface area contributed by atoms with E-state index in [9.17, 15) is 20.1 Å². The van der Waals surface area contributed by atoms with E-state index in [1.165, 1.54) is 19.2 Å². The second-order valence-corrected chi connectivity index (χ2v) is 4.94. The van der Waals surface area contributed by atoms with E-state index < -0.39 is 23.4 Å². The molecular formula is C13H14O6. The smallest absolute Gasteiger partial charge is 0.175 e. The van der Waals surface area contributed by atoms with Gasteiger partial charge in [-0.1, -0.05) is 0 Å². The van der Waals surface area contributed by atoms with Gasteiger partial charge in [0.25, 0.3) is 0 Å². The second-order valence-electron chi connectivity index (χ2n) is 4.94. The number of carbonyl (C=O) groups is 1. The van der Waals surface area contributed by atoms with E-state index in [4.69, 9.17) is 9.47 Å². The van der Waals surface area contributed by atoms with Gasteiger partial charge in [-0.3, -0.25) is 4.79 Å². The maximum atomic E-state index is 12.3. The van der Waals surface area contributed by atoms with E-state index in [-0.39, 0.29) is 30.1 Å². The molecule has 1 aliphatic carbocycles. The SMILES string of the molecule is COc1cc(O)c2c(c1)[C@@H](O)C1(O)COC[C@H]1C2=O. The van der Waals surface area contributed by atoms with Crippen LogP contribution in [-0.2, 0) is 4.74 Å². The van der Waals surface area contributed by atoms with Gasteiger partial charge in [0.15, 0.2) is 5.78 Å². The number of methoxy groups -OCH3 is 1. The summed E-state index contributed by atoms with van der Waals surface area (Å²) in [5.74, 6) is -1.22. The predicted molar refractivity (Wildman–Crippen MR) is 63.2 cm³/mol. The molecule has 1 unspecified atom stereocenters. The van der Waals surface area contributed by atoms with Crippen molar-refractivity contribution in [3.05, 3.63) is 23.3 Å². The summed E-state index contributed by atoms with van der Waals surface area (Å²) in [6.07, 6.45) is -1.30. The molecule has 0 spiro atoms. The Morgan fingerprint density at radius 3 is 2.89 bits per heavy atom. The minimum Gasteiger partial charge on any atom is -0.507 e. The zero-order chi connectivity index (χ0) is 13.8. The lowest BCUT2D eigenvalue weighted by molar-refractivity contribution is -0.0979. The number of ketones is 1. The molecule has 19 heavy (non-hydrogen) atoms. The number of fused-ring (bicyclic) bond motifs is 2. The first-order valence-electron chi connectivity index (χ1n) is 5.92. The van der Waals surface area contributed by atoms with Crippen molar-refractivity contribution in [2.24, 2.45) is 5.92 Å². The van der Waals surface area contributed by atoms with Gasteiger partial charge in [0.1, 0.15) is 23.2 Å². The van der Waals surface area contributed by atoms with Crippen molar-refractivity contribution in [1.29, 1.82) is 0 Å². The molecule has 1 fully saturated rings. The molecule has 102 valence electrons. The Balaban J connectivity index is 2.22. The topological polar surface area (TPSA) is 96.2 Å². The van der Waals surface area contributed by atoms with Crippen LogP contribution in [0.4, 0.5) is 0 Å². The number of phenols is 1. The van der Waals surface area contributed by atoms with Crippen molar-refractivity contribution >= 4 is 5.78 Å². The van der Waals surface area contributed by atoms with Gasteiger partial charge >= 0.3 is 0 Å². The zero-order valence-electron chi connectivity index (χ0n) is 10.3. The lowest BCUT2D eigenvalue weighted by Crippen LogP contribution is -2.50. The molecule has 1 aromatic rings. The summed E-state index contributed by atoms with van der Waals surface area (Å²) in [5.41, 5.74) is -1.43. The monoisotopic (exact) mass is 266 g/mol. The van der Waals surface area contributed by atoms with Crippen LogP contribution in [-0.4, -0.2) is 47.0 Å². The predicted octanol–water partition coefficient (Wildman–Crippen LogP) is 0.00800. The van der Waals surface area contributed by atoms with Crippen LogP contribution >= 0.6 is 0 Å². The van der Waals surface area contributed by atoms with Gasteiger partial charge in [0.05, 0.1) is 31.8 Å². The van der Waals surface area contributed by atoms with Crippen LogP contribution < -0.4 is 4.74 Å². The van der Waals surface area contributed by atoms with E-state index in [1.54, 1.807) is 0 Å². The normalized spacial score (nSPS) is 32.9. The molecule has 1 aromatic carbocycles. The Kier molecular flexibility index (Phi) is 2.57. The van der Waals surface area contributed by atoms with Gasteiger partial charge in [0, 0.05) is 11.6 Å². The standard InChI is InChI=1S/C13H14O6/c1-18-6-2-7-10(9(14)3-6)11(15)8-4-19-5-13(8,17)12(7)16/h2-3,8,12,14,16-17H,4-5H2,1H3/t8-,12+,13?/m0/s1. The van der Waals surface area contributed by atoms with Crippen molar-refractivity contribution in [3.8, 4) is 11.5 Å². The number of rotatable bonds is 1. The van der Waals surface area contributed by atoms with Crippen LogP contribution in [0.2, 0.25) is 0 Å². The largest absolute Gasteiger partial charge is 0.507 e. The van der Waals surface area contributed by atoms with Crippen molar-refractivity contribution in [2.75, 3.05) is 20.3 Å². The number of hydrogen-bond acceptors (Lipinski definition) is 6. The Morgan fingerprint density at radius 2 is 2.21 bits per heavy atom. The third kappa shape index (κ3) is 1.51. The van der Waals surface area contributed by atoms with Gasteiger partial charge < -0.3 is 24.8 Å². The summed E-state index contributed by atoms with van der Waals surface area (Å²) in [7, 11) is 1.41. The lowest BCUT2D eigenvalue weighted by Gasteiger charge is -2.37. The van der Waals surface area contributed by atoms with Crippen molar-refractivity contribution < 1.29 is 29.6 Å². The van der Waals surface area contributed by atoms with E-state index in [0.717, 1.165) is 0 Å². The van der Waals surface area contributed by atoms with Crippen LogP contribution in [0.15, 0.2) is 12.1 Å². The van der Waals surface area contributed by atoms with Crippen molar-refractivity contribution in [2.45, 2.75) is 11.7 Å². The molecule has 0 bridgehead atoms. The molecule has 1 heterocycles. The van der Waals surface area contributed by atoms with Gasteiger partial charge in [-0.25, -0.2) is 0 Å². The van der Waals surface area contributed by atoms with Crippen LogP contribution in [0.5, 0.6) is 11.5 Å². The fourth-order valence-electron chi connectivity index (χ4n) is 2.82. The minimum absolute atomic E-state index is 0.0356. The molecule has 3 rings (SSSR count). The maximum absolute atomic E-state index is 12.3. The number of hydrogen-bond donors (Lipinski definition) is 3. The molecular weight excluding hydrogens is 252 g/mol. The number of phenolic OH excluding ortho intramolecular Hbond substituents is 1. The average Bonchev–Trinajstić information content (AvgIpc) is 2.79. The van der Waals surface area contributed by atoms with Crippen LogP contribution in [0.25, 0.3) is 0 Å². The quantitative estimate of drug-likeness (QED) is 0.662. The number of aromatic hydroxyl groups is 1. The number of aliphatic hydroxyl groups excluding tert-OH is 1. The average molecular weight is 266 g/mol. The van der Waals surface area contributed by atoms with E-state index in [0.29, 0.717) is 5.75 Å². The third-order valence-corrected chi connectivity index (χ3v) is 3.91. The number of ether oxygens (including phenoxy) is 2. The first kappa shape index (κ1) is 12.4. The number of benzene rings is 1. The van der Waals surface area contributed by atoms with Crippen molar-refractivity contribution in [1.82, 2.24) is 0 Å². The van der Waals surface area contributed by atoms with E-state index in [1.807, 2.05) is 0 Å². The summed E-state index contributed by atoms with van der Waals surface area (Å²) in [6, 6.07) is 2.76. The highest BCUT2D eigenvalue weighted by Gasteiger charge is 2.57. The van der Waals surface area contributed by atoms with E-state index >= 15 is 0 Å². The minimum atomic E-state index is -1.64. The molecule has 1 aliphatic heterocycles. The first-order valence-corrected chi connectivity index (χ1v) is 5.92. The van der Waals surface area contributed by atoms with Crippen molar-refractivity contribution in [3.63, 3.8) is 0 Å². The second kappa shape index (κ2) is 3.93. The molecule has 6 heteroatoms. The number of aliphatic hydroxyl groups is 2. The molecule has 6 nitrogen and oxygen atoms in total. The Hall–Kier alpha value is -1.63. The van der Waals surface area contributed by atoms with Gasteiger partial charge in [-0.2, -0.15) is 0 Å². The molecule has 0 radical (unpaired) electrons. The molecule has 0 saturated carbocycles. The van der Waals surface area contributed by atoms with Gasteiger partial charge in [-0.15, -0.1) is 0 Å².